The van der Waals surface area contributed by atoms with Crippen molar-refractivity contribution in [1.82, 2.24) is 14.3 Å². The lowest BCUT2D eigenvalue weighted by Gasteiger charge is -2.24. The van der Waals surface area contributed by atoms with Crippen LogP contribution in [0.3, 0.4) is 0 Å². The van der Waals surface area contributed by atoms with Gasteiger partial charge < -0.3 is 9.64 Å². The molecule has 1 aliphatic rings. The molecule has 106 valence electrons. The lowest BCUT2D eigenvalue weighted by atomic mass is 10.2. The largest absolute Gasteiger partial charge is 0.444 e. The van der Waals surface area contributed by atoms with Crippen LogP contribution in [0.1, 0.15) is 27.2 Å². The number of amides is 1. The molecule has 18 heavy (non-hydrogen) atoms. The van der Waals surface area contributed by atoms with Crippen molar-refractivity contribution >= 4 is 16.3 Å². The average molecular weight is 279 g/mol. The van der Waals surface area contributed by atoms with Gasteiger partial charge in [-0.3, -0.25) is 0 Å². The molecule has 7 nitrogen and oxygen atoms in total. The summed E-state index contributed by atoms with van der Waals surface area (Å²) < 4.78 is 32.5. The highest BCUT2D eigenvalue weighted by atomic mass is 32.2. The summed E-state index contributed by atoms with van der Waals surface area (Å²) in [5.41, 5.74) is -0.542. The highest BCUT2D eigenvalue weighted by Gasteiger charge is 2.31. The van der Waals surface area contributed by atoms with Gasteiger partial charge in [-0.05, 0) is 27.2 Å². The number of nitrogens with one attached hydrogen (secondary N) is 2. The van der Waals surface area contributed by atoms with E-state index >= 15 is 0 Å². The van der Waals surface area contributed by atoms with Crippen molar-refractivity contribution in [3.63, 3.8) is 0 Å². The smallest absolute Gasteiger partial charge is 0.410 e. The minimum Gasteiger partial charge on any atom is -0.444 e. The van der Waals surface area contributed by atoms with Crippen LogP contribution in [0.2, 0.25) is 0 Å². The third-order valence-electron chi connectivity index (χ3n) is 2.43. The number of hydrogen-bond acceptors (Lipinski definition) is 4. The van der Waals surface area contributed by atoms with Crippen molar-refractivity contribution in [3.05, 3.63) is 0 Å². The van der Waals surface area contributed by atoms with E-state index in [-0.39, 0.29) is 6.04 Å². The van der Waals surface area contributed by atoms with Gasteiger partial charge in [0.15, 0.2) is 0 Å². The molecule has 0 aliphatic carbocycles. The Balaban J connectivity index is 2.49. The molecule has 2 N–H and O–H groups in total. The summed E-state index contributed by atoms with van der Waals surface area (Å²) in [6.45, 7) is 6.20. The fourth-order valence-electron chi connectivity index (χ4n) is 1.63. The van der Waals surface area contributed by atoms with Gasteiger partial charge in [0, 0.05) is 26.2 Å². The molecule has 1 saturated heterocycles. The number of likely N-dealkylation sites (tertiary alicyclic amines) is 1. The zero-order valence-corrected chi connectivity index (χ0v) is 12.0. The molecule has 0 aromatic heterocycles. The maximum Gasteiger partial charge on any atom is 0.410 e. The van der Waals surface area contributed by atoms with Crippen LogP contribution >= 0.6 is 0 Å². The monoisotopic (exact) mass is 279 g/mol. The molecule has 0 aromatic rings. The molecule has 1 atom stereocenters. The third-order valence-corrected chi connectivity index (χ3v) is 3.61. The van der Waals surface area contributed by atoms with Crippen molar-refractivity contribution < 1.29 is 17.9 Å². The number of ether oxygens (including phenoxy) is 1. The van der Waals surface area contributed by atoms with E-state index in [0.29, 0.717) is 19.5 Å². The summed E-state index contributed by atoms with van der Waals surface area (Å²) in [7, 11) is -2.13. The van der Waals surface area contributed by atoms with Gasteiger partial charge in [0.2, 0.25) is 0 Å². The zero-order chi connectivity index (χ0) is 14.0. The SMILES string of the molecule is CNS(=O)(=O)N[C@@H]1CCN(C(=O)OC(C)(C)C)C1. The van der Waals surface area contributed by atoms with Crippen LogP contribution in [0.25, 0.3) is 0 Å². The molecule has 0 spiro atoms. The first-order valence-electron chi connectivity index (χ1n) is 5.82. The topological polar surface area (TPSA) is 87.7 Å². The molecular formula is C10H21N3O4S. The first kappa shape index (κ1) is 15.2. The summed E-state index contributed by atoms with van der Waals surface area (Å²) in [5, 5.41) is 0. The van der Waals surface area contributed by atoms with Gasteiger partial charge in [-0.25, -0.2) is 9.52 Å². The highest BCUT2D eigenvalue weighted by Crippen LogP contribution is 2.15. The Morgan fingerprint density at radius 2 is 2.00 bits per heavy atom. The second-order valence-corrected chi connectivity index (χ2v) is 6.89. The van der Waals surface area contributed by atoms with Gasteiger partial charge in [-0.2, -0.15) is 13.1 Å². The van der Waals surface area contributed by atoms with E-state index in [0.717, 1.165) is 0 Å². The molecule has 0 radical (unpaired) electrons. The number of rotatable bonds is 3. The van der Waals surface area contributed by atoms with Crippen LogP contribution in [0.5, 0.6) is 0 Å². The fraction of sp³-hybridized carbons (Fsp3) is 0.900. The van der Waals surface area contributed by atoms with Crippen LogP contribution in [0.4, 0.5) is 4.79 Å². The van der Waals surface area contributed by atoms with Gasteiger partial charge in [-0.1, -0.05) is 0 Å². The van der Waals surface area contributed by atoms with E-state index in [1.165, 1.54) is 11.9 Å². The molecule has 0 unspecified atom stereocenters. The fourth-order valence-corrected chi connectivity index (χ4v) is 2.38. The molecule has 1 amide bonds. The molecule has 8 heteroatoms. The minimum atomic E-state index is -3.47. The summed E-state index contributed by atoms with van der Waals surface area (Å²) in [4.78, 5) is 13.3. The maximum atomic E-state index is 11.8. The molecular weight excluding hydrogens is 258 g/mol. The van der Waals surface area contributed by atoms with Crippen molar-refractivity contribution in [2.24, 2.45) is 0 Å². The summed E-state index contributed by atoms with van der Waals surface area (Å²) >= 11 is 0. The molecule has 1 heterocycles. The van der Waals surface area contributed by atoms with E-state index in [1.807, 2.05) is 0 Å². The average Bonchev–Trinajstić information content (AvgIpc) is 2.63. The molecule has 1 fully saturated rings. The van der Waals surface area contributed by atoms with E-state index in [1.54, 1.807) is 20.8 Å². The van der Waals surface area contributed by atoms with Crippen LogP contribution in [-0.2, 0) is 14.9 Å². The number of nitrogens with zero attached hydrogens (tertiary/aromatic N) is 1. The van der Waals surface area contributed by atoms with Gasteiger partial charge in [-0.15, -0.1) is 0 Å². The molecule has 1 aliphatic heterocycles. The lowest BCUT2D eigenvalue weighted by molar-refractivity contribution is 0.0292. The predicted molar refractivity (Wildman–Crippen MR) is 67.3 cm³/mol. The summed E-state index contributed by atoms with van der Waals surface area (Å²) in [6.07, 6.45) is 0.175. The van der Waals surface area contributed by atoms with Crippen LogP contribution in [0.15, 0.2) is 0 Å². The van der Waals surface area contributed by atoms with E-state index in [2.05, 4.69) is 9.44 Å². The van der Waals surface area contributed by atoms with Crippen LogP contribution in [0, 0.1) is 0 Å². The van der Waals surface area contributed by atoms with Crippen molar-refractivity contribution in [2.45, 2.75) is 38.8 Å². The Morgan fingerprint density at radius 3 is 2.50 bits per heavy atom. The minimum absolute atomic E-state index is 0.269. The predicted octanol–water partition coefficient (Wildman–Crippen LogP) is 0.0496. The van der Waals surface area contributed by atoms with Gasteiger partial charge in [0.25, 0.3) is 10.2 Å². The Hall–Kier alpha value is -0.860. The second-order valence-electron chi connectivity index (χ2n) is 5.24. The highest BCUT2D eigenvalue weighted by molar-refractivity contribution is 7.87. The Kier molecular flexibility index (Phi) is 4.57. The van der Waals surface area contributed by atoms with Gasteiger partial charge in [0.1, 0.15) is 5.60 Å². The molecule has 1 rings (SSSR count). The van der Waals surface area contributed by atoms with Gasteiger partial charge >= 0.3 is 6.09 Å². The van der Waals surface area contributed by atoms with Crippen LogP contribution < -0.4 is 9.44 Å². The quantitative estimate of drug-likeness (QED) is 0.764. The third kappa shape index (κ3) is 4.79. The molecule has 0 saturated carbocycles. The number of carbonyl (C=O) groups is 1. The first-order valence-corrected chi connectivity index (χ1v) is 7.30. The Labute approximate surface area is 108 Å². The molecule has 0 aromatic carbocycles. The Bertz CT molecular complexity index is 402. The standard InChI is InChI=1S/C10H21N3O4S/c1-10(2,3)17-9(14)13-6-5-8(7-13)12-18(15,16)11-4/h8,11-12H,5-7H2,1-4H3/t8-/m1/s1. The van der Waals surface area contributed by atoms with Crippen LogP contribution in [-0.4, -0.2) is 51.2 Å². The first-order chi connectivity index (χ1) is 8.13. The van der Waals surface area contributed by atoms with Gasteiger partial charge in [0.05, 0.1) is 0 Å². The van der Waals surface area contributed by atoms with E-state index in [9.17, 15) is 13.2 Å². The van der Waals surface area contributed by atoms with Crippen molar-refractivity contribution in [3.8, 4) is 0 Å². The van der Waals surface area contributed by atoms with Crippen molar-refractivity contribution in [2.75, 3.05) is 20.1 Å². The maximum absolute atomic E-state index is 11.8. The van der Waals surface area contributed by atoms with Crippen molar-refractivity contribution in [1.29, 1.82) is 0 Å². The second kappa shape index (κ2) is 5.41. The summed E-state index contributed by atoms with van der Waals surface area (Å²) in [5.74, 6) is 0. The molecule has 0 bridgehead atoms. The normalized spacial score (nSPS) is 21.1. The van der Waals surface area contributed by atoms with E-state index < -0.39 is 21.9 Å². The lowest BCUT2D eigenvalue weighted by Crippen LogP contribution is -2.43. The summed E-state index contributed by atoms with van der Waals surface area (Å²) in [6, 6.07) is -0.269. The van der Waals surface area contributed by atoms with E-state index in [4.69, 9.17) is 4.74 Å². The number of carbonyl (C=O) groups excluding carboxylic acids is 1. The number of hydrogen-bond donors (Lipinski definition) is 2. The zero-order valence-electron chi connectivity index (χ0n) is 11.2. The Morgan fingerprint density at radius 1 is 1.39 bits per heavy atom.